The number of carbonyl (C=O) groups is 3. The lowest BCUT2D eigenvalue weighted by Gasteiger charge is -2.38. The average Bonchev–Trinajstić information content (AvgIpc) is 3.72. The lowest BCUT2D eigenvalue weighted by atomic mass is 9.63. The number of rotatable bonds is 7. The Morgan fingerprint density at radius 3 is 2.54 bits per heavy atom. The van der Waals surface area contributed by atoms with Crippen molar-refractivity contribution in [1.29, 1.82) is 0 Å². The molecule has 1 aromatic heterocycles. The van der Waals surface area contributed by atoms with Crippen molar-refractivity contribution in [3.05, 3.63) is 136 Å². The molecular weight excluding hydrogens is 532 g/mol. The third-order valence-electron chi connectivity index (χ3n) is 8.39. The quantitative estimate of drug-likeness (QED) is 0.213. The molecule has 0 aliphatic carbocycles. The number of hydrogen-bond donors (Lipinski definition) is 1. The molecule has 1 saturated heterocycles. The van der Waals surface area contributed by atoms with Gasteiger partial charge in [0, 0.05) is 17.5 Å². The van der Waals surface area contributed by atoms with Crippen LogP contribution in [0.3, 0.4) is 0 Å². The van der Waals surface area contributed by atoms with E-state index < -0.39 is 23.4 Å². The van der Waals surface area contributed by atoms with E-state index in [2.05, 4.69) is 11.9 Å². The predicted octanol–water partition coefficient (Wildman–Crippen LogP) is 6.29. The first-order valence-corrected chi connectivity index (χ1v) is 14.3. The first kappa shape index (κ1) is 25.2. The normalized spacial score (nSPS) is 23.5. The second-order valence-electron chi connectivity index (χ2n) is 10.4. The smallest absolute Gasteiger partial charge is 0.238 e. The fourth-order valence-electron chi connectivity index (χ4n) is 6.78. The topological polar surface area (TPSA) is 75.7 Å². The molecule has 7 rings (SSSR count). The third-order valence-corrected chi connectivity index (χ3v) is 9.28. The highest BCUT2D eigenvalue weighted by atomic mass is 32.1. The molecule has 1 amide bonds. The van der Waals surface area contributed by atoms with E-state index in [0.29, 0.717) is 28.5 Å². The number of hydrogen-bond acceptors (Lipinski definition) is 6. The van der Waals surface area contributed by atoms with Crippen molar-refractivity contribution in [3.8, 4) is 5.75 Å². The Balaban J connectivity index is 1.48. The zero-order valence-electron chi connectivity index (χ0n) is 22.0. The molecule has 0 unspecified atom stereocenters. The van der Waals surface area contributed by atoms with Crippen molar-refractivity contribution in [2.75, 3.05) is 11.9 Å². The van der Waals surface area contributed by atoms with Gasteiger partial charge in [0.15, 0.2) is 11.6 Å². The van der Waals surface area contributed by atoms with Crippen LogP contribution in [0.15, 0.2) is 109 Å². The van der Waals surface area contributed by atoms with Gasteiger partial charge in [-0.05, 0) is 64.5 Å². The van der Waals surface area contributed by atoms with Crippen LogP contribution in [0.4, 0.5) is 5.69 Å². The van der Waals surface area contributed by atoms with Gasteiger partial charge < -0.3 is 15.0 Å². The van der Waals surface area contributed by atoms with Crippen LogP contribution in [0.5, 0.6) is 5.75 Å². The lowest BCUT2D eigenvalue weighted by Crippen LogP contribution is -2.49. The number of ether oxygens (including phenoxy) is 1. The maximum absolute atomic E-state index is 14.8. The second-order valence-corrected chi connectivity index (χ2v) is 11.4. The number of nitrogens with one attached hydrogen (secondary N) is 1. The molecule has 0 saturated carbocycles. The number of fused-ring (bicyclic) bond motifs is 6. The Labute approximate surface area is 241 Å². The van der Waals surface area contributed by atoms with Crippen LogP contribution in [-0.2, 0) is 10.2 Å². The first-order chi connectivity index (χ1) is 20.1. The van der Waals surface area contributed by atoms with E-state index in [0.717, 1.165) is 16.7 Å². The van der Waals surface area contributed by atoms with E-state index in [1.54, 1.807) is 36.4 Å². The molecule has 0 bridgehead atoms. The number of benzene rings is 3. The van der Waals surface area contributed by atoms with Crippen LogP contribution in [0.2, 0.25) is 0 Å². The summed E-state index contributed by atoms with van der Waals surface area (Å²) >= 11 is 1.34. The van der Waals surface area contributed by atoms with Crippen molar-refractivity contribution >= 4 is 40.6 Å². The molecule has 4 atom stereocenters. The summed E-state index contributed by atoms with van der Waals surface area (Å²) in [5.41, 5.74) is 2.34. The van der Waals surface area contributed by atoms with Crippen LogP contribution in [0.1, 0.15) is 42.8 Å². The maximum Gasteiger partial charge on any atom is 0.238 e. The van der Waals surface area contributed by atoms with Crippen molar-refractivity contribution < 1.29 is 19.1 Å². The summed E-state index contributed by atoms with van der Waals surface area (Å²) in [6, 6.07) is 24.5. The number of nitrogens with zero attached hydrogens (tertiary/aromatic N) is 1. The molecule has 1 spiro atoms. The molecule has 6 nitrogen and oxygen atoms in total. The molecule has 41 heavy (non-hydrogen) atoms. The molecular formula is C34H26N2O4S. The molecule has 4 heterocycles. The molecule has 3 aromatic carbocycles. The van der Waals surface area contributed by atoms with E-state index in [4.69, 9.17) is 4.74 Å². The number of carbonyl (C=O) groups excluding carboxylic acids is 3. The highest BCUT2D eigenvalue weighted by Gasteiger charge is 2.70. The molecule has 7 heteroatoms. The minimum atomic E-state index is -1.34. The summed E-state index contributed by atoms with van der Waals surface area (Å²) in [5.74, 6) is -1.10. The van der Waals surface area contributed by atoms with Crippen LogP contribution >= 0.6 is 11.3 Å². The number of Topliss-reactive ketones (excluding diaryl/α,β-unsaturated/α-hetero) is 2. The van der Waals surface area contributed by atoms with Crippen molar-refractivity contribution in [2.24, 2.45) is 5.92 Å². The van der Waals surface area contributed by atoms with E-state index in [9.17, 15) is 14.4 Å². The van der Waals surface area contributed by atoms with E-state index in [1.165, 1.54) is 11.3 Å². The summed E-state index contributed by atoms with van der Waals surface area (Å²) in [6.45, 7) is 4.02. The average molecular weight is 559 g/mol. The predicted molar refractivity (Wildman–Crippen MR) is 159 cm³/mol. The van der Waals surface area contributed by atoms with Crippen molar-refractivity contribution in [2.45, 2.75) is 17.5 Å². The Kier molecular flexibility index (Phi) is 5.98. The molecule has 0 radical (unpaired) electrons. The fraction of sp³-hybridized carbons (Fsp3) is 0.147. The van der Waals surface area contributed by atoms with Gasteiger partial charge in [0.2, 0.25) is 5.91 Å². The Bertz CT molecular complexity index is 1730. The zero-order valence-corrected chi connectivity index (χ0v) is 22.8. The summed E-state index contributed by atoms with van der Waals surface area (Å²) in [6.07, 6.45) is 5.50. The number of thiophene rings is 1. The second kappa shape index (κ2) is 9.71. The third kappa shape index (κ3) is 3.66. The van der Waals surface area contributed by atoms with Crippen molar-refractivity contribution in [3.63, 3.8) is 0 Å². The highest BCUT2D eigenvalue weighted by molar-refractivity contribution is 7.12. The number of ketones is 2. The van der Waals surface area contributed by atoms with E-state index in [-0.39, 0.29) is 17.5 Å². The molecule has 202 valence electrons. The van der Waals surface area contributed by atoms with Gasteiger partial charge in [-0.25, -0.2) is 0 Å². The van der Waals surface area contributed by atoms with Gasteiger partial charge in [0.25, 0.3) is 0 Å². The van der Waals surface area contributed by atoms with Crippen molar-refractivity contribution in [1.82, 2.24) is 4.90 Å². The highest BCUT2D eigenvalue weighted by Crippen LogP contribution is 2.62. The molecule has 3 aliphatic rings. The summed E-state index contributed by atoms with van der Waals surface area (Å²) in [7, 11) is 0. The van der Waals surface area contributed by atoms with Crippen LogP contribution in [0, 0.1) is 5.92 Å². The fourth-order valence-corrected chi connectivity index (χ4v) is 7.48. The summed E-state index contributed by atoms with van der Waals surface area (Å²) < 4.78 is 5.63. The SMILES string of the molecule is C=CCOc1ccc(C(=O)[C@H]2[C@@H](C(=O)c3cccs3)N3C=Cc4ccccc4[C@@H]3[C@]23C(=O)Nc2ccccc23)cc1. The lowest BCUT2D eigenvalue weighted by molar-refractivity contribution is -0.122. The Morgan fingerprint density at radius 1 is 0.976 bits per heavy atom. The van der Waals surface area contributed by atoms with Gasteiger partial charge >= 0.3 is 0 Å². The zero-order chi connectivity index (χ0) is 28.1. The molecule has 1 fully saturated rings. The van der Waals surface area contributed by atoms with Gasteiger partial charge in [-0.1, -0.05) is 61.2 Å². The van der Waals surface area contributed by atoms with Gasteiger partial charge in [-0.3, -0.25) is 14.4 Å². The first-order valence-electron chi connectivity index (χ1n) is 13.5. The van der Waals surface area contributed by atoms with Gasteiger partial charge in [0.1, 0.15) is 23.8 Å². The minimum absolute atomic E-state index is 0.174. The Hall–Kier alpha value is -4.75. The van der Waals surface area contributed by atoms with Gasteiger partial charge in [-0.2, -0.15) is 0 Å². The standard InChI is InChI=1S/C34H26N2O4S/c1-2-19-40-23-15-13-22(14-16-23)30(37)28-29(31(38)27-12-7-20-41-27)36-18-17-21-8-3-4-9-24(21)32(36)34(28)25-10-5-6-11-26(25)35-33(34)39/h2-18,20,28-29,32H,1,19H2,(H,35,39)/t28-,29+,32-,34-/m1/s1. The Morgan fingerprint density at radius 2 is 1.76 bits per heavy atom. The van der Waals surface area contributed by atoms with Gasteiger partial charge in [0.05, 0.1) is 16.8 Å². The molecule has 4 aromatic rings. The summed E-state index contributed by atoms with van der Waals surface area (Å²) in [5, 5.41) is 4.93. The summed E-state index contributed by atoms with van der Waals surface area (Å²) in [4.78, 5) is 46.1. The van der Waals surface area contributed by atoms with Crippen LogP contribution in [0.25, 0.3) is 6.08 Å². The van der Waals surface area contributed by atoms with E-state index in [1.807, 2.05) is 77.2 Å². The maximum atomic E-state index is 14.8. The number of para-hydroxylation sites is 1. The van der Waals surface area contributed by atoms with Gasteiger partial charge in [-0.15, -0.1) is 11.3 Å². The van der Waals surface area contributed by atoms with Crippen LogP contribution in [-0.4, -0.2) is 35.0 Å². The van der Waals surface area contributed by atoms with E-state index >= 15 is 0 Å². The molecule has 1 N–H and O–H groups in total. The largest absolute Gasteiger partial charge is 0.490 e. The van der Waals surface area contributed by atoms with Crippen LogP contribution < -0.4 is 10.1 Å². The molecule has 3 aliphatic heterocycles. The number of amides is 1. The monoisotopic (exact) mass is 558 g/mol. The number of anilines is 1. The minimum Gasteiger partial charge on any atom is -0.490 e.